The normalized spacial score (nSPS) is 11.4. The molecule has 0 aromatic heterocycles. The second-order valence-corrected chi connectivity index (χ2v) is 8.36. The second-order valence-electron chi connectivity index (χ2n) is 6.65. The summed E-state index contributed by atoms with van der Waals surface area (Å²) in [5.74, 6) is 0.575. The third-order valence-electron chi connectivity index (χ3n) is 3.98. The van der Waals surface area contributed by atoms with Crippen molar-refractivity contribution in [2.45, 2.75) is 45.1 Å². The van der Waals surface area contributed by atoms with Crippen molar-refractivity contribution in [3.63, 3.8) is 0 Å². The molecule has 0 heterocycles. The molecular weight excluding hydrogens is 364 g/mol. The molecule has 0 saturated carbocycles. The lowest BCUT2D eigenvalue weighted by Gasteiger charge is -2.12. The molecule has 0 fully saturated rings. The maximum Gasteiger partial charge on any atom is 0.240 e. The van der Waals surface area contributed by atoms with Gasteiger partial charge in [0.1, 0.15) is 5.75 Å². The predicted octanol–water partition coefficient (Wildman–Crippen LogP) is 3.40. The maximum absolute atomic E-state index is 12.1. The average molecular weight is 391 g/mol. The molecule has 7 heteroatoms. The smallest absolute Gasteiger partial charge is 0.240 e. The molecule has 0 radical (unpaired) electrons. The fourth-order valence-corrected chi connectivity index (χ4v) is 3.70. The van der Waals surface area contributed by atoms with Gasteiger partial charge in [-0.15, -0.1) is 0 Å². The van der Waals surface area contributed by atoms with Crippen LogP contribution in [0.5, 0.6) is 5.75 Å². The van der Waals surface area contributed by atoms with Crippen LogP contribution in [-0.2, 0) is 14.8 Å². The van der Waals surface area contributed by atoms with Crippen LogP contribution in [0.25, 0.3) is 0 Å². The highest BCUT2D eigenvalue weighted by Gasteiger charge is 2.15. The van der Waals surface area contributed by atoms with Crippen molar-refractivity contribution in [3.8, 4) is 5.75 Å². The summed E-state index contributed by atoms with van der Waals surface area (Å²) >= 11 is 0. The molecule has 0 aliphatic heterocycles. The fraction of sp³-hybridized carbons (Fsp3) is 0.350. The lowest BCUT2D eigenvalue weighted by atomic mass is 10.1. The van der Waals surface area contributed by atoms with Crippen LogP contribution in [0.4, 0.5) is 5.69 Å². The molecule has 0 aliphatic rings. The number of carbonyl (C=O) groups excluding carboxylic acids is 1. The number of carbonyl (C=O) groups is 1. The molecule has 0 saturated heterocycles. The van der Waals surface area contributed by atoms with Gasteiger partial charge < -0.3 is 10.1 Å². The van der Waals surface area contributed by atoms with Crippen molar-refractivity contribution in [2.75, 3.05) is 11.9 Å². The number of rotatable bonds is 8. The van der Waals surface area contributed by atoms with E-state index in [1.54, 1.807) is 26.0 Å². The first kappa shape index (κ1) is 20.9. The topological polar surface area (TPSA) is 84.5 Å². The minimum atomic E-state index is -3.54. The lowest BCUT2D eigenvalue weighted by molar-refractivity contribution is -0.116. The van der Waals surface area contributed by atoms with E-state index in [2.05, 4.69) is 10.0 Å². The highest BCUT2D eigenvalue weighted by Crippen LogP contribution is 2.20. The third kappa shape index (κ3) is 6.08. The monoisotopic (exact) mass is 390 g/mol. The molecular formula is C20H26N2O4S. The molecule has 1 amide bonds. The minimum Gasteiger partial charge on any atom is -0.493 e. The molecule has 2 rings (SSSR count). The van der Waals surface area contributed by atoms with Gasteiger partial charge in [0.2, 0.25) is 15.9 Å². The number of amides is 1. The number of ether oxygens (including phenoxy) is 1. The molecule has 2 N–H and O–H groups in total. The summed E-state index contributed by atoms with van der Waals surface area (Å²) in [4.78, 5) is 12.2. The Morgan fingerprint density at radius 3 is 2.37 bits per heavy atom. The SMILES string of the molecule is Cc1cccc(OCCC(=O)Nc2ccc(S(=O)(=O)NC(C)C)cc2)c1C. The molecule has 2 aromatic rings. The zero-order chi connectivity index (χ0) is 20.0. The Kier molecular flexibility index (Phi) is 6.98. The first-order valence-corrected chi connectivity index (χ1v) is 10.3. The molecule has 0 bridgehead atoms. The summed E-state index contributed by atoms with van der Waals surface area (Å²) in [5.41, 5.74) is 2.74. The van der Waals surface area contributed by atoms with Crippen LogP contribution in [0.1, 0.15) is 31.4 Å². The van der Waals surface area contributed by atoms with Crippen molar-refractivity contribution in [1.82, 2.24) is 4.72 Å². The second kappa shape index (κ2) is 9.01. The van der Waals surface area contributed by atoms with Gasteiger partial charge in [-0.05, 0) is 69.2 Å². The molecule has 2 aromatic carbocycles. The molecule has 0 spiro atoms. The van der Waals surface area contributed by atoms with Gasteiger partial charge in [-0.3, -0.25) is 4.79 Å². The Bertz CT molecular complexity index is 891. The Morgan fingerprint density at radius 1 is 1.07 bits per heavy atom. The largest absolute Gasteiger partial charge is 0.493 e. The van der Waals surface area contributed by atoms with Crippen molar-refractivity contribution in [1.29, 1.82) is 0 Å². The van der Waals surface area contributed by atoms with Gasteiger partial charge in [0.05, 0.1) is 17.9 Å². The van der Waals surface area contributed by atoms with Crippen LogP contribution in [0.3, 0.4) is 0 Å². The van der Waals surface area contributed by atoms with Gasteiger partial charge in [-0.2, -0.15) is 0 Å². The molecule has 6 nitrogen and oxygen atoms in total. The van der Waals surface area contributed by atoms with E-state index in [1.807, 2.05) is 32.0 Å². The van der Waals surface area contributed by atoms with Crippen LogP contribution in [0, 0.1) is 13.8 Å². The Hall–Kier alpha value is -2.38. The molecule has 146 valence electrons. The van der Waals surface area contributed by atoms with E-state index in [0.717, 1.165) is 16.9 Å². The predicted molar refractivity (Wildman–Crippen MR) is 107 cm³/mol. The van der Waals surface area contributed by atoms with E-state index in [-0.39, 0.29) is 29.9 Å². The summed E-state index contributed by atoms with van der Waals surface area (Å²) in [6.07, 6.45) is 0.197. The zero-order valence-corrected chi connectivity index (χ0v) is 16.9. The van der Waals surface area contributed by atoms with Crippen molar-refractivity contribution >= 4 is 21.6 Å². The van der Waals surface area contributed by atoms with Gasteiger partial charge in [0.15, 0.2) is 0 Å². The van der Waals surface area contributed by atoms with Gasteiger partial charge in [-0.25, -0.2) is 13.1 Å². The Morgan fingerprint density at radius 2 is 1.74 bits per heavy atom. The summed E-state index contributed by atoms with van der Waals surface area (Å²) in [5, 5.41) is 2.74. The van der Waals surface area contributed by atoms with Crippen LogP contribution in [0.2, 0.25) is 0 Å². The summed E-state index contributed by atoms with van der Waals surface area (Å²) < 4.78 is 32.4. The van der Waals surface area contributed by atoms with Crippen LogP contribution in [0.15, 0.2) is 47.4 Å². The number of hydrogen-bond acceptors (Lipinski definition) is 4. The summed E-state index contributed by atoms with van der Waals surface area (Å²) in [7, 11) is -3.54. The molecule has 27 heavy (non-hydrogen) atoms. The molecule has 0 aliphatic carbocycles. The number of anilines is 1. The van der Waals surface area contributed by atoms with E-state index in [1.165, 1.54) is 12.1 Å². The standard InChI is InChI=1S/C20H26N2O4S/c1-14(2)22-27(24,25)18-10-8-17(9-11-18)21-20(23)12-13-26-19-7-5-6-15(3)16(19)4/h5-11,14,22H,12-13H2,1-4H3,(H,21,23). The Labute approximate surface area is 161 Å². The minimum absolute atomic E-state index is 0.160. The summed E-state index contributed by atoms with van der Waals surface area (Å²) in [6, 6.07) is 11.7. The van der Waals surface area contributed by atoms with Crippen molar-refractivity contribution in [3.05, 3.63) is 53.6 Å². The summed E-state index contributed by atoms with van der Waals surface area (Å²) in [6.45, 7) is 7.77. The average Bonchev–Trinajstić information content (AvgIpc) is 2.58. The zero-order valence-electron chi connectivity index (χ0n) is 16.1. The van der Waals surface area contributed by atoms with E-state index in [4.69, 9.17) is 4.74 Å². The first-order valence-electron chi connectivity index (χ1n) is 8.80. The quantitative estimate of drug-likeness (QED) is 0.723. The number of nitrogens with one attached hydrogen (secondary N) is 2. The lowest BCUT2D eigenvalue weighted by Crippen LogP contribution is -2.30. The number of aryl methyl sites for hydroxylation is 1. The van der Waals surface area contributed by atoms with Crippen LogP contribution >= 0.6 is 0 Å². The molecule has 0 atom stereocenters. The van der Waals surface area contributed by atoms with Crippen LogP contribution < -0.4 is 14.8 Å². The highest BCUT2D eigenvalue weighted by molar-refractivity contribution is 7.89. The van der Waals surface area contributed by atoms with Gasteiger partial charge >= 0.3 is 0 Å². The van der Waals surface area contributed by atoms with Gasteiger partial charge in [0, 0.05) is 11.7 Å². The van der Waals surface area contributed by atoms with E-state index in [0.29, 0.717) is 5.69 Å². The van der Waals surface area contributed by atoms with Crippen molar-refractivity contribution < 1.29 is 17.9 Å². The fourth-order valence-electron chi connectivity index (χ4n) is 2.45. The number of benzene rings is 2. The van der Waals surface area contributed by atoms with E-state index in [9.17, 15) is 13.2 Å². The Balaban J connectivity index is 1.88. The van der Waals surface area contributed by atoms with E-state index >= 15 is 0 Å². The molecule has 0 unspecified atom stereocenters. The number of sulfonamides is 1. The first-order chi connectivity index (χ1) is 12.7. The number of hydrogen-bond donors (Lipinski definition) is 2. The van der Waals surface area contributed by atoms with Crippen molar-refractivity contribution in [2.24, 2.45) is 0 Å². The maximum atomic E-state index is 12.1. The van der Waals surface area contributed by atoms with Gasteiger partial charge in [-0.1, -0.05) is 12.1 Å². The van der Waals surface area contributed by atoms with Gasteiger partial charge in [0.25, 0.3) is 0 Å². The van der Waals surface area contributed by atoms with E-state index < -0.39 is 10.0 Å². The van der Waals surface area contributed by atoms with Crippen LogP contribution in [-0.4, -0.2) is 27.0 Å². The third-order valence-corrected chi connectivity index (χ3v) is 5.66. The highest BCUT2D eigenvalue weighted by atomic mass is 32.2.